The van der Waals surface area contributed by atoms with Gasteiger partial charge < -0.3 is 94.8 Å². The highest BCUT2D eigenvalue weighted by molar-refractivity contribution is 5.80. The van der Waals surface area contributed by atoms with E-state index >= 15 is 4.79 Å². The molecule has 3 aliphatic heterocycles. The molecule has 8 aliphatic rings. The fraction of sp³-hybridized carbons (Fsp3) is 0.872. The summed E-state index contributed by atoms with van der Waals surface area (Å²) in [5, 5.41) is 138. The maximum Gasteiger partial charge on any atom is 0.317 e. The Balaban J connectivity index is 1.14. The number of carbonyl (C=O) groups is 2. The lowest BCUT2D eigenvalue weighted by atomic mass is 9.33. The fourth-order valence-electron chi connectivity index (χ4n) is 14.6. The lowest BCUT2D eigenvalue weighted by molar-refractivity contribution is -0.344. The van der Waals surface area contributed by atoms with Crippen LogP contribution in [0.4, 0.5) is 0 Å². The van der Waals surface area contributed by atoms with Gasteiger partial charge in [-0.25, -0.2) is 0 Å². The molecule has 0 amide bonds. The molecule has 25 unspecified atom stereocenters. The van der Waals surface area contributed by atoms with E-state index < -0.39 is 175 Å². The first-order chi connectivity index (χ1) is 31.9. The van der Waals surface area contributed by atoms with Gasteiger partial charge in [0, 0.05) is 5.92 Å². The van der Waals surface area contributed by atoms with Crippen LogP contribution in [0.15, 0.2) is 23.8 Å². The SMILES string of the molecule is C=C1CCC2(C(=O)OC3OC(CO)C(O)C(O)C3O)CCC3(C)C(=CCC4C5(C)CC(O)C(OC6OC(CO)C(O)C(O)C6O)C(C)(C(=O)OC6OC(CO)C(O)C(O)C6O)C5CCC43C)C2C1. The molecule has 21 heteroatoms. The standard InChI is InChI=1S/C47H72O21/c1-19-8-11-47(42(62)68-40-36(60)33(57)30(54)25(18-50)65-40)13-12-44(3)20(21(47)14-19)6-7-26-43(2)15-22(51)37(66-38-34(58)31(55)28(52)23(16-48)63-38)46(5,27(43)9-10-45(26,44)4)41(61)67-39-35(59)32(56)29(53)24(17-49)64-39/h6,21-40,48-60H,1,7-18H2,2-5H3. The van der Waals surface area contributed by atoms with Crippen molar-refractivity contribution in [2.75, 3.05) is 19.8 Å². The Labute approximate surface area is 393 Å². The number of ether oxygens (including phenoxy) is 6. The van der Waals surface area contributed by atoms with Gasteiger partial charge in [-0.05, 0) is 92.8 Å². The second kappa shape index (κ2) is 18.7. The number of hydrogen-bond donors (Lipinski definition) is 13. The molecule has 0 aromatic carbocycles. The van der Waals surface area contributed by atoms with Gasteiger partial charge in [0.25, 0.3) is 0 Å². The normalized spacial score (nSPS) is 53.7. The zero-order valence-corrected chi connectivity index (χ0v) is 38.9. The van der Waals surface area contributed by atoms with Gasteiger partial charge in [-0.3, -0.25) is 9.59 Å². The van der Waals surface area contributed by atoms with Gasteiger partial charge in [-0.2, -0.15) is 0 Å². The maximum absolute atomic E-state index is 15.1. The highest BCUT2D eigenvalue weighted by Gasteiger charge is 2.73. The average Bonchev–Trinajstić information content (AvgIpc) is 3.30. The Morgan fingerprint density at radius 3 is 1.68 bits per heavy atom. The van der Waals surface area contributed by atoms with Crippen LogP contribution in [0.1, 0.15) is 85.5 Å². The van der Waals surface area contributed by atoms with Gasteiger partial charge >= 0.3 is 11.9 Å². The summed E-state index contributed by atoms with van der Waals surface area (Å²) in [5.74, 6) is -3.05. The lowest BCUT2D eigenvalue weighted by Gasteiger charge is -2.71. The molecular weight excluding hydrogens is 900 g/mol. The van der Waals surface area contributed by atoms with Crippen molar-refractivity contribution in [3.63, 3.8) is 0 Å². The minimum Gasteiger partial charge on any atom is -0.432 e. The molecule has 4 saturated carbocycles. The molecule has 25 atom stereocenters. The van der Waals surface area contributed by atoms with Crippen LogP contribution < -0.4 is 0 Å². The lowest BCUT2D eigenvalue weighted by Crippen LogP contribution is -2.71. The largest absolute Gasteiger partial charge is 0.432 e. The van der Waals surface area contributed by atoms with Gasteiger partial charge in [0.05, 0.1) is 36.8 Å². The molecule has 0 aromatic heterocycles. The van der Waals surface area contributed by atoms with Crippen LogP contribution in [0.25, 0.3) is 0 Å². The minimum atomic E-state index is -1.97. The third-order valence-corrected chi connectivity index (χ3v) is 18.7. The van der Waals surface area contributed by atoms with Crippen molar-refractivity contribution in [2.45, 2.75) is 190 Å². The molecule has 5 aliphatic carbocycles. The average molecular weight is 973 g/mol. The van der Waals surface area contributed by atoms with Crippen LogP contribution in [0.2, 0.25) is 0 Å². The Morgan fingerprint density at radius 2 is 1.15 bits per heavy atom. The van der Waals surface area contributed by atoms with E-state index in [1.807, 2.05) is 6.92 Å². The molecule has 68 heavy (non-hydrogen) atoms. The van der Waals surface area contributed by atoms with E-state index in [9.17, 15) is 71.2 Å². The molecule has 8 rings (SSSR count). The topological polar surface area (TPSA) is 353 Å². The Morgan fingerprint density at radius 1 is 0.647 bits per heavy atom. The van der Waals surface area contributed by atoms with Crippen LogP contribution in [0.5, 0.6) is 0 Å². The van der Waals surface area contributed by atoms with Crippen molar-refractivity contribution in [2.24, 2.45) is 44.8 Å². The van der Waals surface area contributed by atoms with Crippen LogP contribution >= 0.6 is 0 Å². The Hall–Kier alpha value is -2.26. The second-order valence-electron chi connectivity index (χ2n) is 22.0. The monoisotopic (exact) mass is 972 g/mol. The van der Waals surface area contributed by atoms with Crippen molar-refractivity contribution in [3.8, 4) is 0 Å². The molecule has 0 aromatic rings. The van der Waals surface area contributed by atoms with Crippen LogP contribution in [0.3, 0.4) is 0 Å². The number of carbonyl (C=O) groups excluding carboxylic acids is 2. The zero-order chi connectivity index (χ0) is 49.8. The molecule has 0 bridgehead atoms. The molecule has 3 heterocycles. The molecule has 0 spiro atoms. The summed E-state index contributed by atoms with van der Waals surface area (Å²) >= 11 is 0. The number of esters is 2. The summed E-state index contributed by atoms with van der Waals surface area (Å²) < 4.78 is 35.0. The van der Waals surface area contributed by atoms with Crippen molar-refractivity contribution in [3.05, 3.63) is 23.8 Å². The van der Waals surface area contributed by atoms with Crippen LogP contribution in [-0.4, -0.2) is 202 Å². The first-order valence-corrected chi connectivity index (χ1v) is 23.9. The van der Waals surface area contributed by atoms with E-state index in [0.717, 1.165) is 11.1 Å². The van der Waals surface area contributed by atoms with E-state index in [0.29, 0.717) is 51.4 Å². The number of fused-ring (bicyclic) bond motifs is 7. The number of allylic oxidation sites excluding steroid dienone is 3. The summed E-state index contributed by atoms with van der Waals surface area (Å²) in [7, 11) is 0. The van der Waals surface area contributed by atoms with Gasteiger partial charge in [0.2, 0.25) is 12.6 Å². The van der Waals surface area contributed by atoms with Crippen LogP contribution in [-0.2, 0) is 38.0 Å². The molecule has 0 radical (unpaired) electrons. The molecule has 13 N–H and O–H groups in total. The Kier molecular flexibility index (Phi) is 14.3. The quantitative estimate of drug-likeness (QED) is 0.0628. The van der Waals surface area contributed by atoms with Gasteiger partial charge in [-0.15, -0.1) is 0 Å². The third kappa shape index (κ3) is 7.77. The summed E-state index contributed by atoms with van der Waals surface area (Å²) in [5.41, 5.74) is -3.06. The number of rotatable bonds is 9. The van der Waals surface area contributed by atoms with Crippen molar-refractivity contribution >= 4 is 11.9 Å². The fourth-order valence-corrected chi connectivity index (χ4v) is 14.6. The van der Waals surface area contributed by atoms with Crippen molar-refractivity contribution in [1.29, 1.82) is 0 Å². The maximum atomic E-state index is 15.1. The van der Waals surface area contributed by atoms with E-state index in [2.05, 4.69) is 26.5 Å². The van der Waals surface area contributed by atoms with Gasteiger partial charge in [0.1, 0.15) is 79.4 Å². The van der Waals surface area contributed by atoms with Gasteiger partial charge in [0.15, 0.2) is 6.29 Å². The highest BCUT2D eigenvalue weighted by atomic mass is 16.7. The van der Waals surface area contributed by atoms with Crippen molar-refractivity contribution < 1.29 is 104 Å². The van der Waals surface area contributed by atoms with E-state index in [1.54, 1.807) is 0 Å². The molecule has 3 saturated heterocycles. The highest BCUT2D eigenvalue weighted by Crippen LogP contribution is 2.76. The molecule has 386 valence electrons. The summed E-state index contributed by atoms with van der Waals surface area (Å²) in [4.78, 5) is 29.7. The first kappa shape index (κ1) is 52.1. The van der Waals surface area contributed by atoms with Crippen LogP contribution in [0, 0.1) is 44.8 Å². The summed E-state index contributed by atoms with van der Waals surface area (Å²) in [6, 6.07) is 0. The number of aliphatic hydroxyl groups excluding tert-OH is 13. The predicted molar refractivity (Wildman–Crippen MR) is 228 cm³/mol. The zero-order valence-electron chi connectivity index (χ0n) is 38.9. The van der Waals surface area contributed by atoms with Gasteiger partial charge in [-0.1, -0.05) is 44.6 Å². The smallest absolute Gasteiger partial charge is 0.317 e. The molecule has 21 nitrogen and oxygen atoms in total. The first-order valence-electron chi connectivity index (χ1n) is 23.9. The number of hydrogen-bond acceptors (Lipinski definition) is 21. The van der Waals surface area contributed by atoms with E-state index in [-0.39, 0.29) is 12.3 Å². The molecule has 7 fully saturated rings. The number of aliphatic hydroxyl groups is 13. The van der Waals surface area contributed by atoms with Crippen molar-refractivity contribution in [1.82, 2.24) is 0 Å². The predicted octanol–water partition coefficient (Wildman–Crippen LogP) is -2.86. The minimum absolute atomic E-state index is 0.0395. The second-order valence-corrected chi connectivity index (χ2v) is 22.0. The van der Waals surface area contributed by atoms with E-state index in [4.69, 9.17) is 28.4 Å². The Bertz CT molecular complexity index is 1930. The van der Waals surface area contributed by atoms with E-state index in [1.165, 1.54) is 6.92 Å². The summed E-state index contributed by atoms with van der Waals surface area (Å²) in [6.07, 6.45) is -23.1. The third-order valence-electron chi connectivity index (χ3n) is 18.7. The molecular formula is C47H72O21. The summed E-state index contributed by atoms with van der Waals surface area (Å²) in [6.45, 7) is 9.91.